The minimum Gasteiger partial charge on any atom is -0.439 e. The summed E-state index contributed by atoms with van der Waals surface area (Å²) in [6, 6.07) is 20.2. The average Bonchev–Trinajstić information content (AvgIpc) is 2.69. The number of ether oxygens (including phenoxy) is 1. The number of nitrogens with one attached hydrogen (secondary N) is 2. The highest BCUT2D eigenvalue weighted by molar-refractivity contribution is 5.88. The number of anilines is 1. The highest BCUT2D eigenvalue weighted by atomic mass is 16.5. The second kappa shape index (κ2) is 9.32. The molecule has 6 heteroatoms. The molecule has 3 aromatic rings. The highest BCUT2D eigenvalue weighted by Gasteiger charge is 2.05. The van der Waals surface area contributed by atoms with Crippen LogP contribution in [0, 0.1) is 0 Å². The number of rotatable bonds is 7. The number of benzene rings is 2. The van der Waals surface area contributed by atoms with Crippen molar-refractivity contribution in [3.05, 3.63) is 84.1 Å². The van der Waals surface area contributed by atoms with E-state index in [1.165, 1.54) is 6.92 Å². The quantitative estimate of drug-likeness (QED) is 0.660. The van der Waals surface area contributed by atoms with Crippen molar-refractivity contribution in [3.63, 3.8) is 0 Å². The van der Waals surface area contributed by atoms with E-state index >= 15 is 0 Å². The van der Waals surface area contributed by atoms with Gasteiger partial charge in [0.05, 0.1) is 6.42 Å². The summed E-state index contributed by atoms with van der Waals surface area (Å²) in [5.74, 6) is 0.980. The molecule has 6 nitrogen and oxygen atoms in total. The van der Waals surface area contributed by atoms with Crippen LogP contribution >= 0.6 is 0 Å². The first-order valence-corrected chi connectivity index (χ1v) is 8.89. The van der Waals surface area contributed by atoms with Crippen molar-refractivity contribution in [1.82, 2.24) is 10.3 Å². The number of hydrogen-bond acceptors (Lipinski definition) is 4. The molecule has 1 aromatic heterocycles. The van der Waals surface area contributed by atoms with Crippen molar-refractivity contribution in [2.24, 2.45) is 0 Å². The third-order valence-corrected chi connectivity index (χ3v) is 3.89. The Labute approximate surface area is 163 Å². The average molecular weight is 375 g/mol. The van der Waals surface area contributed by atoms with E-state index in [1.54, 1.807) is 24.4 Å². The van der Waals surface area contributed by atoms with E-state index < -0.39 is 0 Å². The van der Waals surface area contributed by atoms with Gasteiger partial charge in [0.2, 0.25) is 17.7 Å². The number of hydrogen-bond donors (Lipinski definition) is 2. The van der Waals surface area contributed by atoms with E-state index in [9.17, 15) is 9.59 Å². The third-order valence-electron chi connectivity index (χ3n) is 3.89. The van der Waals surface area contributed by atoms with Crippen LogP contribution in [-0.4, -0.2) is 16.8 Å². The van der Waals surface area contributed by atoms with Gasteiger partial charge in [0.1, 0.15) is 5.75 Å². The zero-order valence-electron chi connectivity index (χ0n) is 15.5. The zero-order valence-corrected chi connectivity index (χ0v) is 15.5. The van der Waals surface area contributed by atoms with Crippen LogP contribution in [0.4, 0.5) is 5.69 Å². The molecule has 142 valence electrons. The van der Waals surface area contributed by atoms with Crippen LogP contribution < -0.4 is 15.4 Å². The van der Waals surface area contributed by atoms with Gasteiger partial charge in [-0.1, -0.05) is 30.3 Å². The lowest BCUT2D eigenvalue weighted by Gasteiger charge is -2.09. The fourth-order valence-corrected chi connectivity index (χ4v) is 2.60. The molecule has 0 spiro atoms. The van der Waals surface area contributed by atoms with Gasteiger partial charge < -0.3 is 15.4 Å². The summed E-state index contributed by atoms with van der Waals surface area (Å²) in [6.45, 7) is 1.86. The fraction of sp³-hybridized carbons (Fsp3) is 0.136. The van der Waals surface area contributed by atoms with Crippen LogP contribution in [0.15, 0.2) is 72.9 Å². The van der Waals surface area contributed by atoms with Gasteiger partial charge in [-0.2, -0.15) is 0 Å². The normalized spacial score (nSPS) is 10.2. The van der Waals surface area contributed by atoms with Crippen LogP contribution in [0.1, 0.15) is 18.1 Å². The molecular weight excluding hydrogens is 354 g/mol. The summed E-state index contributed by atoms with van der Waals surface area (Å²) in [5, 5.41) is 5.60. The molecule has 2 aromatic carbocycles. The Morgan fingerprint density at radius 1 is 0.964 bits per heavy atom. The summed E-state index contributed by atoms with van der Waals surface area (Å²) >= 11 is 0. The maximum absolute atomic E-state index is 12.2. The molecule has 28 heavy (non-hydrogen) atoms. The van der Waals surface area contributed by atoms with Crippen LogP contribution in [0.3, 0.4) is 0 Å². The lowest BCUT2D eigenvalue weighted by Crippen LogP contribution is -2.24. The lowest BCUT2D eigenvalue weighted by atomic mass is 10.1. The fourth-order valence-electron chi connectivity index (χ4n) is 2.60. The Balaban J connectivity index is 1.51. The van der Waals surface area contributed by atoms with E-state index in [0.717, 1.165) is 11.1 Å². The lowest BCUT2D eigenvalue weighted by molar-refractivity contribution is -0.120. The van der Waals surface area contributed by atoms with Gasteiger partial charge in [0.15, 0.2) is 0 Å². The van der Waals surface area contributed by atoms with Gasteiger partial charge in [-0.15, -0.1) is 0 Å². The monoisotopic (exact) mass is 375 g/mol. The van der Waals surface area contributed by atoms with Gasteiger partial charge in [-0.3, -0.25) is 9.59 Å². The van der Waals surface area contributed by atoms with Crippen molar-refractivity contribution in [2.75, 3.05) is 5.32 Å². The van der Waals surface area contributed by atoms with Crippen molar-refractivity contribution >= 4 is 17.5 Å². The Hall–Kier alpha value is -3.67. The molecule has 2 amide bonds. The molecule has 0 bridgehead atoms. The Morgan fingerprint density at radius 2 is 1.79 bits per heavy atom. The van der Waals surface area contributed by atoms with E-state index in [1.807, 2.05) is 48.5 Å². The minimum absolute atomic E-state index is 0.0803. The second-order valence-corrected chi connectivity index (χ2v) is 6.25. The molecule has 1 heterocycles. The highest BCUT2D eigenvalue weighted by Crippen LogP contribution is 2.20. The van der Waals surface area contributed by atoms with Gasteiger partial charge in [-0.05, 0) is 41.5 Å². The van der Waals surface area contributed by atoms with Crippen molar-refractivity contribution < 1.29 is 14.3 Å². The summed E-state index contributed by atoms with van der Waals surface area (Å²) in [6.07, 6.45) is 1.94. The summed E-state index contributed by atoms with van der Waals surface area (Å²) < 4.78 is 5.71. The van der Waals surface area contributed by atoms with Crippen LogP contribution in [0.25, 0.3) is 0 Å². The predicted octanol–water partition coefficient (Wildman–Crippen LogP) is 3.69. The molecule has 0 saturated heterocycles. The number of aromatic nitrogens is 1. The van der Waals surface area contributed by atoms with Crippen LogP contribution in [-0.2, 0) is 22.6 Å². The van der Waals surface area contributed by atoms with Gasteiger partial charge >= 0.3 is 0 Å². The molecule has 0 saturated carbocycles. The van der Waals surface area contributed by atoms with Gasteiger partial charge in [0, 0.05) is 31.4 Å². The van der Waals surface area contributed by atoms with Gasteiger partial charge in [0.25, 0.3) is 0 Å². The first-order valence-electron chi connectivity index (χ1n) is 8.89. The summed E-state index contributed by atoms with van der Waals surface area (Å²) in [4.78, 5) is 27.4. The zero-order chi connectivity index (χ0) is 19.8. The molecule has 0 atom stereocenters. The standard InChI is InChI=1S/C22H21N3O3/c1-16(26)25-19-10-8-17(9-11-19)14-21(27)24-15-18-5-4-6-20(13-18)28-22-7-2-3-12-23-22/h2-13H,14-15H2,1H3,(H,24,27)(H,25,26). The molecule has 0 unspecified atom stereocenters. The van der Waals surface area contributed by atoms with E-state index in [2.05, 4.69) is 15.6 Å². The first kappa shape index (κ1) is 19.1. The third kappa shape index (κ3) is 5.95. The van der Waals surface area contributed by atoms with E-state index in [-0.39, 0.29) is 18.2 Å². The number of carbonyl (C=O) groups is 2. The van der Waals surface area contributed by atoms with Crippen LogP contribution in [0.5, 0.6) is 11.6 Å². The summed E-state index contributed by atoms with van der Waals surface area (Å²) in [5.41, 5.74) is 2.52. The smallest absolute Gasteiger partial charge is 0.224 e. The number of carbonyl (C=O) groups excluding carboxylic acids is 2. The SMILES string of the molecule is CC(=O)Nc1ccc(CC(=O)NCc2cccc(Oc3ccccn3)c2)cc1. The Bertz CT molecular complexity index is 941. The molecule has 0 fully saturated rings. The topological polar surface area (TPSA) is 80.3 Å². The van der Waals surface area contributed by atoms with Crippen LogP contribution in [0.2, 0.25) is 0 Å². The maximum Gasteiger partial charge on any atom is 0.224 e. The summed E-state index contributed by atoms with van der Waals surface area (Å²) in [7, 11) is 0. The molecule has 2 N–H and O–H groups in total. The molecule has 0 aliphatic rings. The number of pyridine rings is 1. The molecule has 0 aliphatic carbocycles. The van der Waals surface area contributed by atoms with Crippen molar-refractivity contribution in [3.8, 4) is 11.6 Å². The van der Waals surface area contributed by atoms with E-state index in [0.29, 0.717) is 23.9 Å². The van der Waals surface area contributed by atoms with Gasteiger partial charge in [-0.25, -0.2) is 4.98 Å². The molecule has 3 rings (SSSR count). The molecule has 0 radical (unpaired) electrons. The molecular formula is C22H21N3O3. The first-order chi connectivity index (χ1) is 13.6. The number of nitrogens with zero attached hydrogens (tertiary/aromatic N) is 1. The van der Waals surface area contributed by atoms with Crippen molar-refractivity contribution in [1.29, 1.82) is 0 Å². The Morgan fingerprint density at radius 3 is 2.50 bits per heavy atom. The predicted molar refractivity (Wildman–Crippen MR) is 107 cm³/mol. The maximum atomic E-state index is 12.2. The van der Waals surface area contributed by atoms with E-state index in [4.69, 9.17) is 4.74 Å². The molecule has 0 aliphatic heterocycles. The second-order valence-electron chi connectivity index (χ2n) is 6.25. The Kier molecular flexibility index (Phi) is 6.36. The number of amides is 2. The van der Waals surface area contributed by atoms with Crippen molar-refractivity contribution in [2.45, 2.75) is 19.9 Å². The minimum atomic E-state index is -0.125. The largest absolute Gasteiger partial charge is 0.439 e.